The molecule has 0 spiro atoms. The van der Waals surface area contributed by atoms with E-state index in [1.165, 1.54) is 40.2 Å². The highest BCUT2D eigenvalue weighted by Crippen LogP contribution is 2.27. The van der Waals surface area contributed by atoms with Crippen molar-refractivity contribution in [2.45, 2.75) is 24.8 Å². The van der Waals surface area contributed by atoms with Crippen molar-refractivity contribution in [3.63, 3.8) is 0 Å². The van der Waals surface area contributed by atoms with Crippen LogP contribution in [0.25, 0.3) is 0 Å². The second kappa shape index (κ2) is 6.54. The molecule has 1 aliphatic heterocycles. The van der Waals surface area contributed by atoms with Gasteiger partial charge in [-0.05, 0) is 24.3 Å². The zero-order valence-corrected chi connectivity index (χ0v) is 15.1. The summed E-state index contributed by atoms with van der Waals surface area (Å²) in [5.41, 5.74) is 1.53. The van der Waals surface area contributed by atoms with E-state index in [2.05, 4.69) is 10.4 Å². The first kappa shape index (κ1) is 18.1. The predicted octanol–water partition coefficient (Wildman–Crippen LogP) is 0.824. The van der Waals surface area contributed by atoms with Crippen LogP contribution in [0.4, 0.5) is 5.69 Å². The fraction of sp³-hybridized carbons (Fsp3) is 0.312. The highest BCUT2D eigenvalue weighted by molar-refractivity contribution is 7.89. The zero-order chi connectivity index (χ0) is 19.1. The van der Waals surface area contributed by atoms with Crippen LogP contribution in [0.3, 0.4) is 0 Å². The first-order chi connectivity index (χ1) is 12.2. The minimum absolute atomic E-state index is 0.0411. The van der Waals surface area contributed by atoms with Crippen LogP contribution in [-0.4, -0.2) is 46.0 Å². The lowest BCUT2D eigenvalue weighted by atomic mass is 10.1. The molecule has 0 bridgehead atoms. The third-order valence-corrected chi connectivity index (χ3v) is 6.08. The number of hydrogen-bond acceptors (Lipinski definition) is 5. The summed E-state index contributed by atoms with van der Waals surface area (Å²) in [5, 5.41) is 15.8. The number of aryl methyl sites for hydroxylation is 1. The van der Waals surface area contributed by atoms with Gasteiger partial charge in [0.15, 0.2) is 5.69 Å². The minimum Gasteiger partial charge on any atom is -0.476 e. The van der Waals surface area contributed by atoms with E-state index in [1.54, 1.807) is 7.05 Å². The van der Waals surface area contributed by atoms with Crippen LogP contribution >= 0.6 is 0 Å². The Morgan fingerprint density at radius 3 is 2.46 bits per heavy atom. The van der Waals surface area contributed by atoms with E-state index < -0.39 is 16.0 Å². The van der Waals surface area contributed by atoms with Crippen LogP contribution in [0.2, 0.25) is 0 Å². The van der Waals surface area contributed by atoms with Gasteiger partial charge >= 0.3 is 5.97 Å². The third-order valence-electron chi connectivity index (χ3n) is 4.22. The Labute approximate surface area is 150 Å². The summed E-state index contributed by atoms with van der Waals surface area (Å²) in [4.78, 5) is 22.5. The molecule has 9 nitrogen and oxygen atoms in total. The molecule has 1 aromatic heterocycles. The highest BCUT2D eigenvalue weighted by Gasteiger charge is 2.33. The molecule has 3 rings (SSSR count). The van der Waals surface area contributed by atoms with Crippen LogP contribution < -0.4 is 5.32 Å². The zero-order valence-electron chi connectivity index (χ0n) is 14.3. The summed E-state index contributed by atoms with van der Waals surface area (Å²) in [6.07, 6.45) is 0.384. The normalized spacial score (nSPS) is 14.7. The maximum absolute atomic E-state index is 12.9. The molecule has 0 saturated heterocycles. The average Bonchev–Trinajstić information content (AvgIpc) is 2.91. The van der Waals surface area contributed by atoms with E-state index in [0.717, 1.165) is 5.69 Å². The second-order valence-electron chi connectivity index (χ2n) is 6.00. The Kier molecular flexibility index (Phi) is 4.55. The van der Waals surface area contributed by atoms with Crippen LogP contribution in [0.5, 0.6) is 0 Å². The minimum atomic E-state index is -3.79. The molecule has 0 saturated carbocycles. The van der Waals surface area contributed by atoms with Gasteiger partial charge in [0.1, 0.15) is 0 Å². The Hall–Kier alpha value is -2.72. The summed E-state index contributed by atoms with van der Waals surface area (Å²) < 4.78 is 28.5. The molecule has 2 heterocycles. The molecule has 0 radical (unpaired) electrons. The molecule has 1 amide bonds. The molecule has 1 aromatic carbocycles. The quantitative estimate of drug-likeness (QED) is 0.812. The smallest absolute Gasteiger partial charge is 0.356 e. The molecule has 2 aromatic rings. The van der Waals surface area contributed by atoms with Crippen molar-refractivity contribution >= 4 is 27.6 Å². The lowest BCUT2D eigenvalue weighted by Crippen LogP contribution is -2.36. The Morgan fingerprint density at radius 1 is 1.23 bits per heavy atom. The Balaban J connectivity index is 1.89. The van der Waals surface area contributed by atoms with Gasteiger partial charge in [0.05, 0.1) is 4.90 Å². The molecule has 26 heavy (non-hydrogen) atoms. The number of aromatic nitrogens is 2. The number of aromatic carboxylic acids is 1. The predicted molar refractivity (Wildman–Crippen MR) is 92.2 cm³/mol. The average molecular weight is 378 g/mol. The first-order valence-electron chi connectivity index (χ1n) is 7.86. The number of nitrogens with zero attached hydrogens (tertiary/aromatic N) is 3. The van der Waals surface area contributed by atoms with Crippen molar-refractivity contribution in [2.75, 3.05) is 11.9 Å². The van der Waals surface area contributed by atoms with E-state index in [4.69, 9.17) is 0 Å². The summed E-state index contributed by atoms with van der Waals surface area (Å²) >= 11 is 0. The van der Waals surface area contributed by atoms with Gasteiger partial charge in [0.25, 0.3) is 0 Å². The first-order valence-corrected chi connectivity index (χ1v) is 9.30. The van der Waals surface area contributed by atoms with Crippen molar-refractivity contribution in [2.24, 2.45) is 7.05 Å². The molecule has 0 unspecified atom stereocenters. The van der Waals surface area contributed by atoms with Crippen molar-refractivity contribution in [3.05, 3.63) is 41.2 Å². The molecule has 10 heteroatoms. The number of amides is 1. The van der Waals surface area contributed by atoms with Crippen molar-refractivity contribution < 1.29 is 23.1 Å². The van der Waals surface area contributed by atoms with Crippen molar-refractivity contribution in [1.82, 2.24) is 14.1 Å². The molecule has 0 atom stereocenters. The lowest BCUT2D eigenvalue weighted by Gasteiger charge is -2.26. The molecule has 0 fully saturated rings. The van der Waals surface area contributed by atoms with Crippen LogP contribution in [0.1, 0.15) is 28.7 Å². The number of nitrogens with one attached hydrogen (secondary N) is 1. The largest absolute Gasteiger partial charge is 0.476 e. The maximum Gasteiger partial charge on any atom is 0.356 e. The number of carbonyl (C=O) groups excluding carboxylic acids is 1. The van der Waals surface area contributed by atoms with Gasteiger partial charge in [-0.15, -0.1) is 0 Å². The van der Waals surface area contributed by atoms with Crippen molar-refractivity contribution in [3.8, 4) is 0 Å². The highest BCUT2D eigenvalue weighted by atomic mass is 32.2. The summed E-state index contributed by atoms with van der Waals surface area (Å²) in [5.74, 6) is -1.43. The van der Waals surface area contributed by atoms with Gasteiger partial charge in [-0.2, -0.15) is 9.40 Å². The number of fused-ring (bicyclic) bond motifs is 1. The fourth-order valence-electron chi connectivity index (χ4n) is 3.01. The number of hydrogen-bond donors (Lipinski definition) is 2. The molecule has 1 aliphatic rings. The number of benzene rings is 1. The number of carboxylic acid groups (broad SMARTS) is 1. The standard InChI is InChI=1S/C16H18N4O5S/c1-10(21)17-11-3-5-12(6-4-11)26(24,25)20-8-7-14-13(9-20)15(16(22)23)18-19(14)2/h3-6H,7-9H2,1-2H3,(H,17,21)(H,22,23). The number of sulfonamides is 1. The SMILES string of the molecule is CC(=O)Nc1ccc(S(=O)(=O)N2CCc3c(c(C(=O)O)nn3C)C2)cc1. The summed E-state index contributed by atoms with van der Waals surface area (Å²) in [6.45, 7) is 1.56. The molecule has 138 valence electrons. The lowest BCUT2D eigenvalue weighted by molar-refractivity contribution is -0.114. The molecule has 0 aliphatic carbocycles. The van der Waals surface area contributed by atoms with E-state index in [1.807, 2.05) is 0 Å². The maximum atomic E-state index is 12.9. The second-order valence-corrected chi connectivity index (χ2v) is 7.93. The number of carboxylic acids is 1. The summed E-state index contributed by atoms with van der Waals surface area (Å²) in [6, 6.07) is 5.85. The number of carbonyl (C=O) groups is 2. The van der Waals surface area contributed by atoms with Gasteiger partial charge in [0, 0.05) is 50.4 Å². The third kappa shape index (κ3) is 3.20. The molecular formula is C16H18N4O5S. The van der Waals surface area contributed by atoms with Crippen LogP contribution in [0, 0.1) is 0 Å². The van der Waals surface area contributed by atoms with E-state index in [9.17, 15) is 23.1 Å². The summed E-state index contributed by atoms with van der Waals surface area (Å²) in [7, 11) is -2.14. The topological polar surface area (TPSA) is 122 Å². The van der Waals surface area contributed by atoms with Gasteiger partial charge in [-0.1, -0.05) is 0 Å². The Bertz CT molecular complexity index is 979. The van der Waals surface area contributed by atoms with Crippen LogP contribution in [0.15, 0.2) is 29.2 Å². The van der Waals surface area contributed by atoms with Gasteiger partial charge in [-0.3, -0.25) is 9.48 Å². The fourth-order valence-corrected chi connectivity index (χ4v) is 4.42. The van der Waals surface area contributed by atoms with Gasteiger partial charge in [-0.25, -0.2) is 13.2 Å². The molecular weight excluding hydrogens is 360 g/mol. The van der Waals surface area contributed by atoms with Crippen molar-refractivity contribution in [1.29, 1.82) is 0 Å². The van der Waals surface area contributed by atoms with Gasteiger partial charge < -0.3 is 10.4 Å². The van der Waals surface area contributed by atoms with E-state index >= 15 is 0 Å². The van der Waals surface area contributed by atoms with Crippen LogP contribution in [-0.2, 0) is 34.8 Å². The Morgan fingerprint density at radius 2 is 1.88 bits per heavy atom. The monoisotopic (exact) mass is 378 g/mol. The number of rotatable bonds is 4. The van der Waals surface area contributed by atoms with Gasteiger partial charge in [0.2, 0.25) is 15.9 Å². The van der Waals surface area contributed by atoms with E-state index in [-0.39, 0.29) is 29.6 Å². The number of anilines is 1. The van der Waals surface area contributed by atoms with E-state index in [0.29, 0.717) is 17.7 Å². The molecule has 2 N–H and O–H groups in total.